The van der Waals surface area contributed by atoms with Crippen LogP contribution in [0.25, 0.3) is 22.7 Å². The number of urea groups is 1. The molecule has 0 unspecified atom stereocenters. The number of aromatic amines is 1. The van der Waals surface area contributed by atoms with E-state index in [0.29, 0.717) is 16.9 Å². The number of benzene rings is 1. The second kappa shape index (κ2) is 8.18. The van der Waals surface area contributed by atoms with Crippen LogP contribution in [0, 0.1) is 0 Å². The van der Waals surface area contributed by atoms with Crippen molar-refractivity contribution < 1.29 is 9.59 Å². The van der Waals surface area contributed by atoms with Crippen molar-refractivity contribution in [3.05, 3.63) is 59.9 Å². The van der Waals surface area contributed by atoms with Crippen LogP contribution in [-0.2, 0) is 4.79 Å². The molecule has 148 valence electrons. The fourth-order valence-electron chi connectivity index (χ4n) is 3.66. The third-order valence-electron chi connectivity index (χ3n) is 5.14. The number of nitrogens with two attached hydrogens (primary N) is 1. The quantitative estimate of drug-likeness (QED) is 0.594. The van der Waals surface area contributed by atoms with Crippen LogP contribution < -0.4 is 11.1 Å². The van der Waals surface area contributed by atoms with Crippen molar-refractivity contribution in [1.82, 2.24) is 14.9 Å². The number of amides is 3. The molecule has 3 aromatic rings. The normalized spacial score (nSPS) is 14.8. The van der Waals surface area contributed by atoms with E-state index in [0.717, 1.165) is 48.9 Å². The van der Waals surface area contributed by atoms with E-state index in [2.05, 4.69) is 15.3 Å². The van der Waals surface area contributed by atoms with Gasteiger partial charge in [0.15, 0.2) is 0 Å². The van der Waals surface area contributed by atoms with Crippen molar-refractivity contribution in [3.63, 3.8) is 0 Å². The number of aromatic nitrogens is 2. The Balaban J connectivity index is 1.72. The van der Waals surface area contributed by atoms with E-state index in [1.165, 1.54) is 0 Å². The summed E-state index contributed by atoms with van der Waals surface area (Å²) in [4.78, 5) is 34.0. The maximum absolute atomic E-state index is 12.7. The van der Waals surface area contributed by atoms with Crippen molar-refractivity contribution in [2.45, 2.75) is 19.3 Å². The molecule has 0 aliphatic carbocycles. The minimum atomic E-state index is -0.520. The number of nitrogens with zero attached hydrogens (tertiary/aromatic N) is 2. The molecule has 2 aromatic heterocycles. The maximum atomic E-state index is 12.7. The van der Waals surface area contributed by atoms with E-state index in [1.54, 1.807) is 24.5 Å². The van der Waals surface area contributed by atoms with Gasteiger partial charge in [0.05, 0.1) is 5.69 Å². The summed E-state index contributed by atoms with van der Waals surface area (Å²) in [5, 5.41) is 3.75. The number of H-pyrrole nitrogens is 1. The molecule has 7 nitrogen and oxygen atoms in total. The lowest BCUT2D eigenvalue weighted by molar-refractivity contribution is -0.112. The Morgan fingerprint density at radius 1 is 1.10 bits per heavy atom. The number of carbonyl (C=O) groups excluding carboxylic acids is 2. The summed E-state index contributed by atoms with van der Waals surface area (Å²) in [5.74, 6) is -0.520. The molecule has 1 aliphatic rings. The standard InChI is InChI=1S/C22H23N5O2/c23-20(28)17(15-7-3-1-4-8-15)13-16-14-25-21-19(16)18(9-10-24-21)26-22(29)27-11-5-2-6-12-27/h1,3-4,7-10,13-14H,2,5-6,11-12H2,(H2,23,28)(H2,24,25,26,29)/b17-13-. The minimum Gasteiger partial charge on any atom is -0.366 e. The topological polar surface area (TPSA) is 104 Å². The molecule has 4 rings (SSSR count). The number of rotatable bonds is 4. The van der Waals surface area contributed by atoms with Crippen LogP contribution in [0.2, 0.25) is 0 Å². The van der Waals surface area contributed by atoms with Crippen molar-refractivity contribution in [2.75, 3.05) is 18.4 Å². The largest absolute Gasteiger partial charge is 0.366 e. The molecule has 7 heteroatoms. The van der Waals surface area contributed by atoms with E-state index >= 15 is 0 Å². The zero-order valence-electron chi connectivity index (χ0n) is 16.0. The molecule has 0 atom stereocenters. The Labute approximate surface area is 168 Å². The first kappa shape index (κ1) is 18.7. The summed E-state index contributed by atoms with van der Waals surface area (Å²) in [7, 11) is 0. The van der Waals surface area contributed by atoms with Crippen molar-refractivity contribution in [2.24, 2.45) is 5.73 Å². The summed E-state index contributed by atoms with van der Waals surface area (Å²) in [6, 6.07) is 10.9. The first-order chi connectivity index (χ1) is 14.1. The molecule has 4 N–H and O–H groups in total. The predicted molar refractivity (Wildman–Crippen MR) is 114 cm³/mol. The highest BCUT2D eigenvalue weighted by atomic mass is 16.2. The van der Waals surface area contributed by atoms with Gasteiger partial charge in [-0.25, -0.2) is 9.78 Å². The van der Waals surface area contributed by atoms with Gasteiger partial charge in [-0.2, -0.15) is 0 Å². The summed E-state index contributed by atoms with van der Waals surface area (Å²) in [6.07, 6.45) is 8.34. The van der Waals surface area contributed by atoms with Gasteiger partial charge in [-0.05, 0) is 37.0 Å². The number of hydrogen-bond donors (Lipinski definition) is 3. The zero-order chi connectivity index (χ0) is 20.2. The average molecular weight is 389 g/mol. The summed E-state index contributed by atoms with van der Waals surface area (Å²) in [5.41, 5.74) is 8.78. The van der Waals surface area contributed by atoms with Crippen LogP contribution >= 0.6 is 0 Å². The van der Waals surface area contributed by atoms with Gasteiger partial charge in [0.1, 0.15) is 5.65 Å². The summed E-state index contributed by atoms with van der Waals surface area (Å²) >= 11 is 0. The molecule has 3 heterocycles. The Kier molecular flexibility index (Phi) is 5.29. The van der Waals surface area contributed by atoms with Gasteiger partial charge in [-0.15, -0.1) is 0 Å². The molecule has 1 saturated heterocycles. The second-order valence-electron chi connectivity index (χ2n) is 7.09. The first-order valence-electron chi connectivity index (χ1n) is 9.72. The highest BCUT2D eigenvalue weighted by molar-refractivity contribution is 6.24. The Bertz CT molecular complexity index is 1070. The lowest BCUT2D eigenvalue weighted by Crippen LogP contribution is -2.38. The van der Waals surface area contributed by atoms with Gasteiger partial charge in [-0.1, -0.05) is 30.3 Å². The predicted octanol–water partition coefficient (Wildman–Crippen LogP) is 3.61. The zero-order valence-corrected chi connectivity index (χ0v) is 16.0. The number of anilines is 1. The van der Waals surface area contributed by atoms with Gasteiger partial charge in [0, 0.05) is 42.0 Å². The monoisotopic (exact) mass is 389 g/mol. The minimum absolute atomic E-state index is 0.119. The molecule has 1 fully saturated rings. The van der Waals surface area contributed by atoms with Gasteiger partial charge in [0.25, 0.3) is 0 Å². The van der Waals surface area contributed by atoms with Gasteiger partial charge >= 0.3 is 6.03 Å². The third kappa shape index (κ3) is 3.99. The molecule has 1 aliphatic heterocycles. The van der Waals surface area contributed by atoms with E-state index in [-0.39, 0.29) is 6.03 Å². The molecule has 0 radical (unpaired) electrons. The van der Waals surface area contributed by atoms with Crippen molar-refractivity contribution in [3.8, 4) is 0 Å². The van der Waals surface area contributed by atoms with Gasteiger partial charge in [-0.3, -0.25) is 4.79 Å². The number of hydrogen-bond acceptors (Lipinski definition) is 3. The number of carbonyl (C=O) groups is 2. The van der Waals surface area contributed by atoms with Crippen LogP contribution in [0.1, 0.15) is 30.4 Å². The second-order valence-corrected chi connectivity index (χ2v) is 7.09. The van der Waals surface area contributed by atoms with Crippen molar-refractivity contribution >= 4 is 40.3 Å². The Morgan fingerprint density at radius 3 is 2.59 bits per heavy atom. The number of fused-ring (bicyclic) bond motifs is 1. The van der Waals surface area contributed by atoms with E-state index in [1.807, 2.05) is 35.2 Å². The SMILES string of the molecule is NC(=O)/C(=C\c1c[nH]c2nccc(NC(=O)N3CCCCC3)c12)c1ccccc1. The maximum Gasteiger partial charge on any atom is 0.321 e. The molecular formula is C22H23N5O2. The van der Waals surface area contributed by atoms with Gasteiger partial charge < -0.3 is 20.9 Å². The highest BCUT2D eigenvalue weighted by Gasteiger charge is 2.19. The number of nitrogens with one attached hydrogen (secondary N) is 2. The molecule has 1 aromatic carbocycles. The van der Waals surface area contributed by atoms with E-state index < -0.39 is 5.91 Å². The average Bonchev–Trinajstić information content (AvgIpc) is 3.17. The molecule has 0 saturated carbocycles. The van der Waals surface area contributed by atoms with Crippen molar-refractivity contribution in [1.29, 1.82) is 0 Å². The van der Waals surface area contributed by atoms with Crippen LogP contribution in [0.4, 0.5) is 10.5 Å². The van der Waals surface area contributed by atoms with E-state index in [9.17, 15) is 9.59 Å². The number of primary amides is 1. The first-order valence-corrected chi connectivity index (χ1v) is 9.72. The fraction of sp³-hybridized carbons (Fsp3) is 0.227. The lowest BCUT2D eigenvalue weighted by Gasteiger charge is -2.26. The summed E-state index contributed by atoms with van der Waals surface area (Å²) in [6.45, 7) is 1.53. The molecule has 0 bridgehead atoms. The van der Waals surface area contributed by atoms with Crippen LogP contribution in [-0.4, -0.2) is 39.9 Å². The summed E-state index contributed by atoms with van der Waals surface area (Å²) < 4.78 is 0. The smallest absolute Gasteiger partial charge is 0.321 e. The van der Waals surface area contributed by atoms with Gasteiger partial charge in [0.2, 0.25) is 5.91 Å². The Morgan fingerprint density at radius 2 is 1.86 bits per heavy atom. The van der Waals surface area contributed by atoms with Crippen LogP contribution in [0.3, 0.4) is 0 Å². The number of pyridine rings is 1. The third-order valence-corrected chi connectivity index (χ3v) is 5.14. The van der Waals surface area contributed by atoms with Crippen LogP contribution in [0.5, 0.6) is 0 Å². The highest BCUT2D eigenvalue weighted by Crippen LogP contribution is 2.29. The Hall–Kier alpha value is -3.61. The molecule has 29 heavy (non-hydrogen) atoms. The number of piperidine rings is 1. The van der Waals surface area contributed by atoms with E-state index in [4.69, 9.17) is 5.73 Å². The molecular weight excluding hydrogens is 366 g/mol. The molecule has 3 amide bonds. The fourth-order valence-corrected chi connectivity index (χ4v) is 3.66. The van der Waals surface area contributed by atoms with Crippen LogP contribution in [0.15, 0.2) is 48.8 Å². The number of likely N-dealkylation sites (tertiary alicyclic amines) is 1. The molecule has 0 spiro atoms. The lowest BCUT2D eigenvalue weighted by atomic mass is 10.0.